The predicted octanol–water partition coefficient (Wildman–Crippen LogP) is 2.73. The van der Waals surface area contributed by atoms with E-state index in [-0.39, 0.29) is 32.3 Å². The van der Waals surface area contributed by atoms with Gasteiger partial charge < -0.3 is 15.9 Å². The summed E-state index contributed by atoms with van der Waals surface area (Å²) in [5, 5.41) is 20.6. The molecule has 0 radical (unpaired) electrons. The highest BCUT2D eigenvalue weighted by molar-refractivity contribution is 7.18. The van der Waals surface area contributed by atoms with Crippen molar-refractivity contribution in [1.82, 2.24) is 25.4 Å². The van der Waals surface area contributed by atoms with Gasteiger partial charge in [0.1, 0.15) is 11.5 Å². The van der Waals surface area contributed by atoms with Crippen molar-refractivity contribution in [3.8, 4) is 10.7 Å². The number of alkyl halides is 3. The van der Waals surface area contributed by atoms with E-state index in [0.717, 1.165) is 11.3 Å². The Bertz CT molecular complexity index is 1340. The average molecular weight is 448 g/mol. The van der Waals surface area contributed by atoms with Crippen LogP contribution in [0.4, 0.5) is 27.1 Å². The number of aromatic nitrogens is 5. The van der Waals surface area contributed by atoms with Gasteiger partial charge in [-0.3, -0.25) is 9.89 Å². The first-order valence-electron chi connectivity index (χ1n) is 7.70. The van der Waals surface area contributed by atoms with E-state index in [2.05, 4.69) is 25.4 Å². The van der Waals surface area contributed by atoms with Crippen molar-refractivity contribution in [2.24, 2.45) is 0 Å². The number of benzene rings is 1. The van der Waals surface area contributed by atoms with Crippen LogP contribution in [0.15, 0.2) is 10.9 Å². The third-order valence-corrected chi connectivity index (χ3v) is 4.52. The molecule has 0 atom stereocenters. The summed E-state index contributed by atoms with van der Waals surface area (Å²) < 4.78 is 60.7. The fourth-order valence-corrected chi connectivity index (χ4v) is 3.17. The SMILES string of the molecule is Cc1[nH][nH]c2nc(-c3nnc(N)s3)c3c(F)cc(=O)c(F)c3c12.O=C(O)C(F)(F)F. The third kappa shape index (κ3) is 3.66. The summed E-state index contributed by atoms with van der Waals surface area (Å²) in [7, 11) is 0. The van der Waals surface area contributed by atoms with Crippen molar-refractivity contribution in [2.45, 2.75) is 13.1 Å². The molecule has 0 spiro atoms. The standard InChI is InChI=1S/C13H8F2N6OS.C2HF3O2/c1-3-6-8-7(4(14)2-5(22)9(8)15)10(17-11(6)19-18-3)12-20-21-13(16)23-12;3-2(4,5)1(6)7/h2H,1H3,(H2,16,21)(H2,17,18,19);(H,6,7). The van der Waals surface area contributed by atoms with Crippen LogP contribution in [-0.2, 0) is 4.79 Å². The van der Waals surface area contributed by atoms with Crippen LogP contribution in [0.3, 0.4) is 0 Å². The molecule has 0 aliphatic rings. The highest BCUT2D eigenvalue weighted by atomic mass is 32.1. The Labute approximate surface area is 165 Å². The minimum atomic E-state index is -5.08. The Balaban J connectivity index is 0.000000318. The van der Waals surface area contributed by atoms with E-state index in [9.17, 15) is 26.7 Å². The number of nitrogens with zero attached hydrogens (tertiary/aromatic N) is 3. The Morgan fingerprint density at radius 3 is 2.33 bits per heavy atom. The zero-order chi connectivity index (χ0) is 22.4. The highest BCUT2D eigenvalue weighted by Crippen LogP contribution is 2.36. The summed E-state index contributed by atoms with van der Waals surface area (Å²) in [5.74, 6) is -4.67. The van der Waals surface area contributed by atoms with Gasteiger partial charge in [-0.15, -0.1) is 10.2 Å². The van der Waals surface area contributed by atoms with E-state index in [1.54, 1.807) is 6.92 Å². The van der Waals surface area contributed by atoms with Gasteiger partial charge in [0.05, 0.1) is 10.8 Å². The Kier molecular flexibility index (Phi) is 5.15. The maximum absolute atomic E-state index is 14.5. The number of hydrogen-bond acceptors (Lipinski definition) is 7. The average Bonchev–Trinajstić information content (AvgIpc) is 3.24. The zero-order valence-corrected chi connectivity index (χ0v) is 15.4. The maximum Gasteiger partial charge on any atom is 0.490 e. The molecule has 0 aliphatic carbocycles. The van der Waals surface area contributed by atoms with Gasteiger partial charge in [-0.2, -0.15) is 13.2 Å². The first kappa shape index (κ1) is 21.1. The van der Waals surface area contributed by atoms with Gasteiger partial charge >= 0.3 is 12.1 Å². The minimum absolute atomic E-state index is 0.0772. The van der Waals surface area contributed by atoms with Gasteiger partial charge in [0, 0.05) is 17.1 Å². The number of nitrogens with one attached hydrogen (secondary N) is 2. The lowest BCUT2D eigenvalue weighted by molar-refractivity contribution is -0.192. The number of hydrogen-bond donors (Lipinski definition) is 4. The lowest BCUT2D eigenvalue weighted by Gasteiger charge is -2.06. The molecule has 4 aromatic rings. The molecule has 3 aromatic heterocycles. The molecule has 9 nitrogen and oxygen atoms in total. The molecule has 0 unspecified atom stereocenters. The number of halogens is 5. The summed E-state index contributed by atoms with van der Waals surface area (Å²) in [6.07, 6.45) is -5.08. The van der Waals surface area contributed by atoms with Crippen LogP contribution in [0, 0.1) is 18.6 Å². The van der Waals surface area contributed by atoms with E-state index in [1.807, 2.05) is 0 Å². The topological polar surface area (TPSA) is 151 Å². The Hall–Kier alpha value is -3.62. The van der Waals surface area contributed by atoms with Crippen molar-refractivity contribution in [1.29, 1.82) is 0 Å². The second-order valence-electron chi connectivity index (χ2n) is 5.73. The number of carboxylic acid groups (broad SMARTS) is 1. The fraction of sp³-hybridized carbons (Fsp3) is 0.133. The van der Waals surface area contributed by atoms with Crippen LogP contribution >= 0.6 is 11.3 Å². The molecular formula is C15H9F5N6O3S. The number of fused-ring (bicyclic) bond motifs is 3. The molecule has 1 aromatic carbocycles. The molecule has 3 heterocycles. The molecular weight excluding hydrogens is 439 g/mol. The second-order valence-corrected chi connectivity index (χ2v) is 6.74. The number of aryl methyl sites for hydroxylation is 1. The lowest BCUT2D eigenvalue weighted by atomic mass is 10.0. The molecule has 15 heteroatoms. The summed E-state index contributed by atoms with van der Waals surface area (Å²) >= 11 is 0.992. The quantitative estimate of drug-likeness (QED) is 0.327. The molecule has 0 aliphatic heterocycles. The number of anilines is 1. The summed E-state index contributed by atoms with van der Waals surface area (Å²) in [4.78, 5) is 24.9. The number of rotatable bonds is 1. The molecule has 0 saturated carbocycles. The van der Waals surface area contributed by atoms with Crippen molar-refractivity contribution in [3.05, 3.63) is 33.6 Å². The third-order valence-electron chi connectivity index (χ3n) is 3.76. The number of carbonyl (C=O) groups is 1. The number of H-pyrrole nitrogens is 2. The number of nitrogens with two attached hydrogens (primary N) is 1. The van der Waals surface area contributed by atoms with Crippen LogP contribution in [-0.4, -0.2) is 42.6 Å². The van der Waals surface area contributed by atoms with Crippen molar-refractivity contribution in [3.63, 3.8) is 0 Å². The normalized spacial score (nSPS) is 11.5. The molecule has 0 saturated heterocycles. The van der Waals surface area contributed by atoms with Gasteiger partial charge in [0.15, 0.2) is 16.5 Å². The molecule has 0 bridgehead atoms. The number of nitrogen functional groups attached to an aromatic ring is 1. The molecule has 158 valence electrons. The van der Waals surface area contributed by atoms with E-state index in [4.69, 9.17) is 15.6 Å². The number of aromatic amines is 2. The van der Waals surface area contributed by atoms with Crippen LogP contribution in [0.25, 0.3) is 32.5 Å². The molecule has 5 N–H and O–H groups in total. The van der Waals surface area contributed by atoms with E-state index in [1.165, 1.54) is 0 Å². The lowest BCUT2D eigenvalue weighted by Crippen LogP contribution is -2.21. The predicted molar refractivity (Wildman–Crippen MR) is 95.9 cm³/mol. The summed E-state index contributed by atoms with van der Waals surface area (Å²) in [6, 6.07) is 0.602. The van der Waals surface area contributed by atoms with Crippen molar-refractivity contribution < 1.29 is 31.9 Å². The van der Waals surface area contributed by atoms with E-state index in [0.29, 0.717) is 17.1 Å². The zero-order valence-electron chi connectivity index (χ0n) is 14.6. The molecule has 30 heavy (non-hydrogen) atoms. The Morgan fingerprint density at radius 2 is 1.80 bits per heavy atom. The van der Waals surface area contributed by atoms with Gasteiger partial charge in [-0.1, -0.05) is 11.3 Å². The van der Waals surface area contributed by atoms with Crippen molar-refractivity contribution >= 4 is 44.2 Å². The molecule has 4 rings (SSSR count). The number of carboxylic acids is 1. The van der Waals surface area contributed by atoms with Crippen LogP contribution < -0.4 is 11.2 Å². The van der Waals surface area contributed by atoms with Crippen LogP contribution in [0.2, 0.25) is 0 Å². The summed E-state index contributed by atoms with van der Waals surface area (Å²) in [6.45, 7) is 1.66. The van der Waals surface area contributed by atoms with Gasteiger partial charge in [0.25, 0.3) is 0 Å². The number of pyridine rings is 1. The monoisotopic (exact) mass is 448 g/mol. The Morgan fingerprint density at radius 1 is 1.17 bits per heavy atom. The minimum Gasteiger partial charge on any atom is -0.475 e. The van der Waals surface area contributed by atoms with E-state index >= 15 is 0 Å². The smallest absolute Gasteiger partial charge is 0.475 e. The van der Waals surface area contributed by atoms with Crippen molar-refractivity contribution in [2.75, 3.05) is 5.73 Å². The first-order chi connectivity index (χ1) is 13.9. The largest absolute Gasteiger partial charge is 0.490 e. The highest BCUT2D eigenvalue weighted by Gasteiger charge is 2.38. The maximum atomic E-state index is 14.5. The summed E-state index contributed by atoms with van der Waals surface area (Å²) in [5.41, 5.74) is 5.42. The van der Waals surface area contributed by atoms with Gasteiger partial charge in [-0.05, 0) is 6.92 Å². The van der Waals surface area contributed by atoms with Crippen LogP contribution in [0.1, 0.15) is 5.69 Å². The van der Waals surface area contributed by atoms with Crippen LogP contribution in [0.5, 0.6) is 0 Å². The number of aliphatic carboxylic acids is 1. The van der Waals surface area contributed by atoms with E-state index < -0.39 is 29.2 Å². The second kappa shape index (κ2) is 7.33. The van der Waals surface area contributed by atoms with Gasteiger partial charge in [0.2, 0.25) is 10.6 Å². The first-order valence-corrected chi connectivity index (χ1v) is 8.51. The molecule has 0 fully saturated rings. The fourth-order valence-electron chi connectivity index (χ4n) is 2.57. The van der Waals surface area contributed by atoms with Gasteiger partial charge in [-0.25, -0.2) is 18.6 Å². The molecule has 0 amide bonds.